The molecule has 0 heterocycles. The largest absolute Gasteiger partial charge is 1.00 e. The van der Waals surface area contributed by atoms with Gasteiger partial charge in [-0.3, -0.25) is 4.79 Å². The summed E-state index contributed by atoms with van der Waals surface area (Å²) in [4.78, 5) is 10.00. The van der Waals surface area contributed by atoms with Gasteiger partial charge in [-0.1, -0.05) is 6.58 Å². The van der Waals surface area contributed by atoms with E-state index in [0.717, 1.165) is 13.2 Å². The first-order valence-electron chi connectivity index (χ1n) is 2.05. The first kappa shape index (κ1) is 12.4. The van der Waals surface area contributed by atoms with Crippen molar-refractivity contribution in [3.63, 3.8) is 0 Å². The van der Waals surface area contributed by atoms with E-state index >= 15 is 0 Å². The molecule has 0 aromatic heterocycles. The van der Waals surface area contributed by atoms with Gasteiger partial charge >= 0.3 is 36.2 Å². The van der Waals surface area contributed by atoms with Crippen LogP contribution in [0.15, 0.2) is 12.8 Å². The van der Waals surface area contributed by atoms with E-state index < -0.39 is 17.3 Å². The Labute approximate surface area is 75.1 Å². The molecule has 0 radical (unpaired) electrons. The third-order valence-corrected chi connectivity index (χ3v) is 0.996. The van der Waals surface area contributed by atoms with Gasteiger partial charge in [-0.15, -0.1) is 0 Å². The molecule has 0 fully saturated rings. The minimum Gasteiger partial charge on any atom is -1.00 e. The Morgan fingerprint density at radius 2 is 2.30 bits per heavy atom. The van der Waals surface area contributed by atoms with Gasteiger partial charge in [0.1, 0.15) is 6.26 Å². The summed E-state index contributed by atoms with van der Waals surface area (Å²) in [5.41, 5.74) is 0. The first-order valence-corrected chi connectivity index (χ1v) is 3.05. The zero-order valence-electron chi connectivity index (χ0n) is 6.83. The van der Waals surface area contributed by atoms with Crippen LogP contribution in [0.25, 0.3) is 0 Å². The van der Waals surface area contributed by atoms with Crippen molar-refractivity contribution in [2.45, 2.75) is 6.92 Å². The average molecular weight is 158 g/mol. The van der Waals surface area contributed by atoms with Crippen molar-refractivity contribution < 1.29 is 37.7 Å². The van der Waals surface area contributed by atoms with Crippen molar-refractivity contribution in [2.24, 2.45) is 0 Å². The second-order valence-electron chi connectivity index (χ2n) is 1.04. The fraction of sp³-hybridized carbons (Fsp3) is 0.250. The molecule has 0 N–H and O–H groups in total. The van der Waals surface area contributed by atoms with E-state index in [1.54, 1.807) is 0 Å². The Hall–Kier alpha value is -0.243. The molecule has 54 valence electrons. The fourth-order valence-corrected chi connectivity index (χ4v) is 0.513. The van der Waals surface area contributed by atoms with Gasteiger partial charge in [0.2, 0.25) is 0 Å². The van der Waals surface area contributed by atoms with Gasteiger partial charge in [0.05, 0.1) is 0 Å². The van der Waals surface area contributed by atoms with Crippen molar-refractivity contribution in [1.82, 2.24) is 0 Å². The zero-order chi connectivity index (χ0) is 7.28. The number of hydrogen-bond acceptors (Lipinski definition) is 4. The van der Waals surface area contributed by atoms with Crippen LogP contribution in [0.5, 0.6) is 0 Å². The molecule has 0 saturated heterocycles. The molecule has 0 aliphatic rings. The fourth-order valence-electron chi connectivity index (χ4n) is 0.171. The molecule has 1 unspecified atom stereocenters. The monoisotopic (exact) mass is 158 g/mol. The first-order chi connectivity index (χ1) is 4.16. The van der Waals surface area contributed by atoms with Gasteiger partial charge in [-0.05, 0) is 0 Å². The van der Waals surface area contributed by atoms with Crippen molar-refractivity contribution in [2.75, 3.05) is 0 Å². The van der Waals surface area contributed by atoms with Gasteiger partial charge in [0.15, 0.2) is 0 Å². The van der Waals surface area contributed by atoms with Crippen LogP contribution < -0.4 is 18.9 Å². The van der Waals surface area contributed by atoms with Crippen LogP contribution in [0.3, 0.4) is 0 Å². The van der Waals surface area contributed by atoms with Crippen LogP contribution in [0.1, 0.15) is 8.35 Å². The Bertz CT molecular complexity index is 151. The van der Waals surface area contributed by atoms with E-state index in [-0.39, 0.29) is 20.3 Å². The summed E-state index contributed by atoms with van der Waals surface area (Å²) >= 11 is -2.02. The van der Waals surface area contributed by atoms with Crippen LogP contribution >= 0.6 is 0 Å². The maximum atomic E-state index is 10.2. The van der Waals surface area contributed by atoms with E-state index in [0.29, 0.717) is 0 Å². The second kappa shape index (κ2) is 6.87. The molecule has 6 heteroatoms. The Morgan fingerprint density at radius 3 is 2.60 bits per heavy atom. The van der Waals surface area contributed by atoms with Crippen molar-refractivity contribution in [1.29, 1.82) is 0 Å². The standard InChI is InChI=1S/C4H6O4S.Li.H/c1-3-7-9(6)8-4(2)5;;/h3H,1H2,2H3;;/q;+1;-1. The smallest absolute Gasteiger partial charge is 1.00 e. The van der Waals surface area contributed by atoms with Crippen LogP contribution in [0, 0.1) is 0 Å². The quantitative estimate of drug-likeness (QED) is 0.334. The molecule has 0 amide bonds. The predicted molar refractivity (Wildman–Crippen MR) is 32.3 cm³/mol. The average Bonchev–Trinajstić information content (AvgIpc) is 1.63. The maximum Gasteiger partial charge on any atom is 1.00 e. The summed E-state index contributed by atoms with van der Waals surface area (Å²) in [7, 11) is 0. The summed E-state index contributed by atoms with van der Waals surface area (Å²) in [5, 5.41) is 0. The minimum atomic E-state index is -2.02. The van der Waals surface area contributed by atoms with Crippen LogP contribution in [-0.4, -0.2) is 10.2 Å². The van der Waals surface area contributed by atoms with Crippen LogP contribution in [-0.2, 0) is 24.5 Å². The van der Waals surface area contributed by atoms with E-state index in [1.165, 1.54) is 0 Å². The Morgan fingerprint density at radius 1 is 1.80 bits per heavy atom. The van der Waals surface area contributed by atoms with Crippen molar-refractivity contribution >= 4 is 17.3 Å². The van der Waals surface area contributed by atoms with Gasteiger partial charge in [-0.2, -0.15) is 4.21 Å². The van der Waals surface area contributed by atoms with Crippen LogP contribution in [0.4, 0.5) is 0 Å². The van der Waals surface area contributed by atoms with E-state index in [4.69, 9.17) is 0 Å². The van der Waals surface area contributed by atoms with Gasteiger partial charge in [-0.25, -0.2) is 0 Å². The van der Waals surface area contributed by atoms with Gasteiger partial charge in [0, 0.05) is 6.92 Å². The molecule has 0 aliphatic carbocycles. The molecular formula is C4H7LiO4S. The summed E-state index contributed by atoms with van der Waals surface area (Å²) in [6.45, 7) is 4.23. The summed E-state index contributed by atoms with van der Waals surface area (Å²) in [5.74, 6) is -0.657. The van der Waals surface area contributed by atoms with E-state index in [1.807, 2.05) is 0 Å². The molecule has 0 aromatic rings. The number of hydrogen-bond donors (Lipinski definition) is 0. The van der Waals surface area contributed by atoms with Crippen molar-refractivity contribution in [3.05, 3.63) is 12.8 Å². The van der Waals surface area contributed by atoms with Gasteiger partial charge in [0.25, 0.3) is 0 Å². The molecule has 1 atom stereocenters. The summed E-state index contributed by atoms with van der Waals surface area (Å²) in [6, 6.07) is 0. The predicted octanol–water partition coefficient (Wildman–Crippen LogP) is -2.60. The number of rotatable bonds is 3. The summed E-state index contributed by atoms with van der Waals surface area (Å²) < 4.78 is 18.4. The molecule has 0 bridgehead atoms. The van der Waals surface area contributed by atoms with E-state index in [2.05, 4.69) is 14.9 Å². The summed E-state index contributed by atoms with van der Waals surface area (Å²) in [6.07, 6.45) is 0.930. The van der Waals surface area contributed by atoms with Gasteiger partial charge < -0.3 is 9.79 Å². The SMILES string of the molecule is C=COS(=O)OC(C)=O.[H-].[Li+]. The Balaban J connectivity index is -0.000000320. The number of carbonyl (C=O) groups excluding carboxylic acids is 1. The second-order valence-corrected chi connectivity index (χ2v) is 1.81. The molecule has 0 saturated carbocycles. The maximum absolute atomic E-state index is 10.2. The zero-order valence-corrected chi connectivity index (χ0v) is 6.64. The molecule has 0 aliphatic heterocycles. The topological polar surface area (TPSA) is 52.6 Å². The Kier molecular flexibility index (Phi) is 8.54. The third kappa shape index (κ3) is 7.76. The molecule has 0 spiro atoms. The molecular weight excluding hydrogens is 151 g/mol. The molecule has 0 aromatic carbocycles. The van der Waals surface area contributed by atoms with Crippen LogP contribution in [0.2, 0.25) is 0 Å². The molecule has 0 rings (SSSR count). The normalized spacial score (nSPS) is 10.5. The minimum absolute atomic E-state index is 0. The molecule has 4 nitrogen and oxygen atoms in total. The number of carbonyl (C=O) groups is 1. The molecule has 10 heavy (non-hydrogen) atoms. The van der Waals surface area contributed by atoms with E-state index in [9.17, 15) is 9.00 Å². The van der Waals surface area contributed by atoms with Crippen molar-refractivity contribution in [3.8, 4) is 0 Å². The third-order valence-electron chi connectivity index (χ3n) is 0.332.